The molecule has 0 amide bonds. The molecule has 0 atom stereocenters. The first-order valence-corrected chi connectivity index (χ1v) is 4.98. The molecule has 0 spiro atoms. The van der Waals surface area contributed by atoms with Crippen LogP contribution in [0.5, 0.6) is 0 Å². The first kappa shape index (κ1) is 12.0. The zero-order valence-corrected chi connectivity index (χ0v) is 8.85. The normalized spacial score (nSPS) is 25.8. The Morgan fingerprint density at radius 1 is 0.812 bits per heavy atom. The first-order valence-electron chi connectivity index (χ1n) is 4.98. The van der Waals surface area contributed by atoms with Crippen molar-refractivity contribution in [3.05, 3.63) is 48.9 Å². The second-order valence-corrected chi connectivity index (χ2v) is 3.14. The van der Waals surface area contributed by atoms with Gasteiger partial charge in [-0.25, -0.2) is 0 Å². The van der Waals surface area contributed by atoms with E-state index in [9.17, 15) is 9.59 Å². The van der Waals surface area contributed by atoms with Gasteiger partial charge in [0.25, 0.3) is 0 Å². The number of nitrogens with one attached hydrogen (secondary N) is 2. The number of allylic oxidation sites excluding steroid dienone is 6. The Kier molecular flexibility index (Phi) is 5.41. The van der Waals surface area contributed by atoms with Gasteiger partial charge in [-0.1, -0.05) is 18.2 Å². The van der Waals surface area contributed by atoms with Gasteiger partial charge in [0.1, 0.15) is 0 Å². The number of ketones is 2. The van der Waals surface area contributed by atoms with E-state index in [1.54, 1.807) is 30.5 Å². The molecule has 1 heterocycles. The Morgan fingerprint density at radius 2 is 1.50 bits per heavy atom. The second kappa shape index (κ2) is 7.23. The number of hydrogen-bond acceptors (Lipinski definition) is 4. The number of carbonyl (C=O) groups excluding carboxylic acids is 2. The van der Waals surface area contributed by atoms with Crippen molar-refractivity contribution < 1.29 is 9.59 Å². The average Bonchev–Trinajstić information content (AvgIpc) is 2.27. The third kappa shape index (κ3) is 5.59. The van der Waals surface area contributed by atoms with Gasteiger partial charge in [0.15, 0.2) is 11.6 Å². The lowest BCUT2D eigenvalue weighted by Gasteiger charge is -2.00. The van der Waals surface area contributed by atoms with Crippen LogP contribution in [0.15, 0.2) is 48.9 Å². The van der Waals surface area contributed by atoms with Crippen LogP contribution >= 0.6 is 0 Å². The molecule has 0 aromatic heterocycles. The topological polar surface area (TPSA) is 58.2 Å². The molecular weight excluding hydrogens is 204 g/mol. The fraction of sp³-hybridized carbons (Fsp3) is 0.167. The Morgan fingerprint density at radius 3 is 2.31 bits per heavy atom. The van der Waals surface area contributed by atoms with Gasteiger partial charge < -0.3 is 10.6 Å². The summed E-state index contributed by atoms with van der Waals surface area (Å²) in [6, 6.07) is 0. The molecule has 4 nitrogen and oxygen atoms in total. The van der Waals surface area contributed by atoms with Crippen LogP contribution in [0.2, 0.25) is 0 Å². The Hall–Kier alpha value is -2.10. The molecule has 0 fully saturated rings. The van der Waals surface area contributed by atoms with E-state index < -0.39 is 0 Å². The molecule has 84 valence electrons. The van der Waals surface area contributed by atoms with E-state index in [0.717, 1.165) is 0 Å². The summed E-state index contributed by atoms with van der Waals surface area (Å²) in [6.45, 7) is 0.485. The fourth-order valence-corrected chi connectivity index (χ4v) is 1.01. The molecular formula is C12H14N2O2. The summed E-state index contributed by atoms with van der Waals surface area (Å²) < 4.78 is 0. The molecule has 4 heteroatoms. The lowest BCUT2D eigenvalue weighted by atomic mass is 10.3. The Labute approximate surface area is 94.4 Å². The summed E-state index contributed by atoms with van der Waals surface area (Å²) in [5.41, 5.74) is 0. The molecule has 0 radical (unpaired) electrons. The molecule has 0 unspecified atom stereocenters. The fourth-order valence-electron chi connectivity index (χ4n) is 1.01. The smallest absolute Gasteiger partial charge is 0.180 e. The summed E-state index contributed by atoms with van der Waals surface area (Å²) >= 11 is 0. The molecule has 16 heavy (non-hydrogen) atoms. The van der Waals surface area contributed by atoms with E-state index in [0.29, 0.717) is 0 Å². The van der Waals surface area contributed by atoms with Gasteiger partial charge >= 0.3 is 0 Å². The Bertz CT molecular complexity index is 365. The molecule has 1 aliphatic heterocycles. The summed E-state index contributed by atoms with van der Waals surface area (Å²) in [7, 11) is 0. The SMILES string of the molecule is O=C1\C=C/C=C\C=C/NCC(=O)CN/C=C\1. The maximum atomic E-state index is 11.2. The van der Waals surface area contributed by atoms with Crippen LogP contribution in [-0.4, -0.2) is 24.7 Å². The van der Waals surface area contributed by atoms with Gasteiger partial charge in [0.05, 0.1) is 13.1 Å². The van der Waals surface area contributed by atoms with E-state index in [4.69, 9.17) is 0 Å². The quantitative estimate of drug-likeness (QED) is 0.620. The van der Waals surface area contributed by atoms with E-state index in [1.807, 2.05) is 0 Å². The van der Waals surface area contributed by atoms with Crippen molar-refractivity contribution in [3.63, 3.8) is 0 Å². The minimum Gasteiger partial charge on any atom is -0.384 e. The van der Waals surface area contributed by atoms with Gasteiger partial charge in [0, 0.05) is 12.3 Å². The van der Waals surface area contributed by atoms with Crippen molar-refractivity contribution in [2.24, 2.45) is 0 Å². The van der Waals surface area contributed by atoms with Gasteiger partial charge in [-0.2, -0.15) is 0 Å². The standard InChI is InChI=1S/C12H14N2O2/c15-11-5-3-1-2-4-7-13-9-12(16)10-14-8-6-11/h1-8,13-14H,9-10H2/b2-1-,5-3-,7-4-,8-6-. The zero-order valence-electron chi connectivity index (χ0n) is 8.85. The van der Waals surface area contributed by atoms with Gasteiger partial charge in [0.2, 0.25) is 0 Å². The Balaban J connectivity index is 2.61. The van der Waals surface area contributed by atoms with E-state index in [2.05, 4.69) is 10.6 Å². The lowest BCUT2D eigenvalue weighted by molar-refractivity contribution is -0.117. The number of rotatable bonds is 0. The van der Waals surface area contributed by atoms with Crippen LogP contribution in [0, 0.1) is 0 Å². The molecule has 2 N–H and O–H groups in total. The summed E-state index contributed by atoms with van der Waals surface area (Å²) in [6.07, 6.45) is 12.9. The molecule has 0 saturated carbocycles. The van der Waals surface area contributed by atoms with Gasteiger partial charge in [-0.3, -0.25) is 9.59 Å². The van der Waals surface area contributed by atoms with Crippen molar-refractivity contribution in [2.45, 2.75) is 0 Å². The first-order chi connectivity index (χ1) is 7.79. The average molecular weight is 218 g/mol. The van der Waals surface area contributed by atoms with Crippen LogP contribution in [-0.2, 0) is 9.59 Å². The van der Waals surface area contributed by atoms with Crippen LogP contribution in [0.3, 0.4) is 0 Å². The van der Waals surface area contributed by atoms with Crippen molar-refractivity contribution >= 4 is 11.6 Å². The molecule has 0 aromatic rings. The van der Waals surface area contributed by atoms with Crippen LogP contribution in [0.4, 0.5) is 0 Å². The summed E-state index contributed by atoms with van der Waals surface area (Å²) in [5.74, 6) is -0.0953. The van der Waals surface area contributed by atoms with Crippen LogP contribution in [0.1, 0.15) is 0 Å². The highest BCUT2D eigenvalue weighted by Gasteiger charge is 1.96. The maximum Gasteiger partial charge on any atom is 0.180 e. The van der Waals surface area contributed by atoms with E-state index in [1.165, 1.54) is 18.4 Å². The van der Waals surface area contributed by atoms with Crippen molar-refractivity contribution in [1.82, 2.24) is 10.6 Å². The number of Topliss-reactive ketones (excluding diaryl/α,β-unsaturated/α-hetero) is 1. The second-order valence-electron chi connectivity index (χ2n) is 3.14. The van der Waals surface area contributed by atoms with Crippen LogP contribution < -0.4 is 10.6 Å². The molecule has 1 aliphatic rings. The molecule has 0 aliphatic carbocycles. The summed E-state index contributed by atoms with van der Waals surface area (Å²) in [4.78, 5) is 22.4. The van der Waals surface area contributed by atoms with Crippen LogP contribution in [0.25, 0.3) is 0 Å². The molecule has 0 bridgehead atoms. The summed E-state index contributed by atoms with van der Waals surface area (Å²) in [5, 5.41) is 5.61. The van der Waals surface area contributed by atoms with E-state index >= 15 is 0 Å². The van der Waals surface area contributed by atoms with Gasteiger partial charge in [-0.15, -0.1) is 0 Å². The zero-order chi connectivity index (χ0) is 11.6. The third-order valence-electron chi connectivity index (χ3n) is 1.77. The minimum atomic E-state index is -0.122. The van der Waals surface area contributed by atoms with E-state index in [-0.39, 0.29) is 24.7 Å². The number of carbonyl (C=O) groups is 2. The predicted molar refractivity (Wildman–Crippen MR) is 62.6 cm³/mol. The highest BCUT2D eigenvalue weighted by atomic mass is 16.1. The largest absolute Gasteiger partial charge is 0.384 e. The predicted octanol–water partition coefficient (Wildman–Crippen LogP) is 0.457. The molecule has 0 aromatic carbocycles. The third-order valence-corrected chi connectivity index (χ3v) is 1.77. The number of hydrogen-bond donors (Lipinski definition) is 2. The highest BCUT2D eigenvalue weighted by molar-refractivity contribution is 5.99. The molecule has 1 rings (SSSR count). The lowest BCUT2D eigenvalue weighted by Crippen LogP contribution is -2.26. The maximum absolute atomic E-state index is 11.2. The monoisotopic (exact) mass is 218 g/mol. The molecule has 0 saturated heterocycles. The van der Waals surface area contributed by atoms with Gasteiger partial charge in [-0.05, 0) is 18.4 Å². The van der Waals surface area contributed by atoms with Crippen molar-refractivity contribution in [1.29, 1.82) is 0 Å². The van der Waals surface area contributed by atoms with Crippen molar-refractivity contribution in [3.8, 4) is 0 Å². The van der Waals surface area contributed by atoms with Crippen molar-refractivity contribution in [2.75, 3.05) is 13.1 Å². The minimum absolute atomic E-state index is 0.0262. The highest BCUT2D eigenvalue weighted by Crippen LogP contribution is 1.84.